The van der Waals surface area contributed by atoms with Crippen LogP contribution in [-0.4, -0.2) is 0 Å². The summed E-state index contributed by atoms with van der Waals surface area (Å²) in [7, 11) is 0. The van der Waals surface area contributed by atoms with Crippen LogP contribution in [0.2, 0.25) is 0 Å². The van der Waals surface area contributed by atoms with Crippen LogP contribution in [0, 0.1) is 17.5 Å². The molecule has 0 nitrogen and oxygen atoms in total. The van der Waals surface area contributed by atoms with E-state index in [0.29, 0.717) is 11.1 Å². The fraction of sp³-hybridized carbons (Fsp3) is 0.357. The second kappa shape index (κ2) is 11.7. The molecule has 3 heteroatoms. The Labute approximate surface area is 184 Å². The molecule has 3 aromatic rings. The van der Waals surface area contributed by atoms with Crippen LogP contribution >= 0.6 is 0 Å². The minimum atomic E-state index is -0.527. The smallest absolute Gasteiger partial charge is 0.131 e. The van der Waals surface area contributed by atoms with Gasteiger partial charge in [-0.05, 0) is 65.4 Å². The number of aryl methyl sites for hydroxylation is 1. The number of hydrogen-bond acceptors (Lipinski definition) is 0. The van der Waals surface area contributed by atoms with Crippen LogP contribution in [0.5, 0.6) is 0 Å². The fourth-order valence-electron chi connectivity index (χ4n) is 4.01. The summed E-state index contributed by atoms with van der Waals surface area (Å²) >= 11 is 0. The Morgan fingerprint density at radius 1 is 0.548 bits per heavy atom. The first-order chi connectivity index (χ1) is 15.1. The second-order valence-corrected chi connectivity index (χ2v) is 8.24. The van der Waals surface area contributed by atoms with Crippen molar-refractivity contribution in [3.05, 3.63) is 83.7 Å². The third-order valence-corrected chi connectivity index (χ3v) is 5.78. The van der Waals surface area contributed by atoms with Gasteiger partial charge in [0.05, 0.1) is 0 Å². The van der Waals surface area contributed by atoms with Crippen molar-refractivity contribution in [2.45, 2.75) is 64.7 Å². The maximum absolute atomic E-state index is 14.3. The van der Waals surface area contributed by atoms with Gasteiger partial charge < -0.3 is 0 Å². The summed E-state index contributed by atoms with van der Waals surface area (Å²) in [5, 5.41) is 0. The van der Waals surface area contributed by atoms with Crippen LogP contribution in [0.1, 0.15) is 63.9 Å². The van der Waals surface area contributed by atoms with Crippen molar-refractivity contribution >= 4 is 0 Å². The van der Waals surface area contributed by atoms with E-state index in [1.807, 2.05) is 24.3 Å². The third kappa shape index (κ3) is 6.72. The summed E-state index contributed by atoms with van der Waals surface area (Å²) < 4.78 is 42.0. The van der Waals surface area contributed by atoms with Crippen LogP contribution in [0.4, 0.5) is 13.2 Å². The highest BCUT2D eigenvalue weighted by Gasteiger charge is 2.13. The molecule has 164 valence electrons. The Morgan fingerprint density at radius 2 is 1.13 bits per heavy atom. The lowest BCUT2D eigenvalue weighted by Crippen LogP contribution is -1.92. The normalized spacial score (nSPS) is 11.1. The van der Waals surface area contributed by atoms with Gasteiger partial charge in [-0.1, -0.05) is 82.2 Å². The minimum Gasteiger partial charge on any atom is -0.207 e. The molecule has 3 rings (SSSR count). The average molecular weight is 425 g/mol. The van der Waals surface area contributed by atoms with Gasteiger partial charge in [0.15, 0.2) is 0 Å². The molecule has 0 aliphatic rings. The Balaban J connectivity index is 1.66. The minimum absolute atomic E-state index is 0.137. The van der Waals surface area contributed by atoms with Crippen LogP contribution in [-0.2, 0) is 6.42 Å². The zero-order valence-corrected chi connectivity index (χ0v) is 18.3. The van der Waals surface area contributed by atoms with E-state index in [1.165, 1.54) is 68.7 Å². The maximum Gasteiger partial charge on any atom is 0.131 e. The van der Waals surface area contributed by atoms with Crippen molar-refractivity contribution in [2.24, 2.45) is 0 Å². The molecular formula is C28H31F3. The van der Waals surface area contributed by atoms with Gasteiger partial charge in [-0.15, -0.1) is 0 Å². The van der Waals surface area contributed by atoms with E-state index in [4.69, 9.17) is 0 Å². The number of halogens is 3. The topological polar surface area (TPSA) is 0 Å². The lowest BCUT2D eigenvalue weighted by Gasteiger charge is -2.12. The Morgan fingerprint density at radius 3 is 1.81 bits per heavy atom. The summed E-state index contributed by atoms with van der Waals surface area (Å²) in [6.07, 6.45) is 11.3. The first kappa shape index (κ1) is 23.1. The second-order valence-electron chi connectivity index (χ2n) is 8.24. The molecule has 0 aliphatic carbocycles. The number of hydrogen-bond donors (Lipinski definition) is 0. The van der Waals surface area contributed by atoms with Crippen molar-refractivity contribution < 1.29 is 13.2 Å². The largest absolute Gasteiger partial charge is 0.207 e. The lowest BCUT2D eigenvalue weighted by molar-refractivity contribution is 0.575. The van der Waals surface area contributed by atoms with Gasteiger partial charge in [0, 0.05) is 5.56 Å². The van der Waals surface area contributed by atoms with Gasteiger partial charge in [-0.2, -0.15) is 0 Å². The van der Waals surface area contributed by atoms with Gasteiger partial charge in [0.25, 0.3) is 0 Å². The van der Waals surface area contributed by atoms with E-state index in [0.717, 1.165) is 36.6 Å². The molecule has 0 spiro atoms. The predicted octanol–water partition coefficient (Wildman–Crippen LogP) is 9.12. The van der Waals surface area contributed by atoms with Gasteiger partial charge >= 0.3 is 0 Å². The average Bonchev–Trinajstić information content (AvgIpc) is 2.78. The monoisotopic (exact) mass is 424 g/mol. The van der Waals surface area contributed by atoms with Crippen LogP contribution in [0.3, 0.4) is 0 Å². The molecule has 0 fully saturated rings. The molecule has 0 unspecified atom stereocenters. The molecule has 31 heavy (non-hydrogen) atoms. The molecule has 0 saturated heterocycles. The quantitative estimate of drug-likeness (QED) is 0.269. The summed E-state index contributed by atoms with van der Waals surface area (Å²) in [6.45, 7) is 2.24. The zero-order valence-electron chi connectivity index (χ0n) is 18.3. The highest BCUT2D eigenvalue weighted by molar-refractivity contribution is 5.83. The predicted molar refractivity (Wildman–Crippen MR) is 124 cm³/mol. The molecule has 0 atom stereocenters. The third-order valence-electron chi connectivity index (χ3n) is 5.78. The van der Waals surface area contributed by atoms with Crippen molar-refractivity contribution in [1.82, 2.24) is 0 Å². The molecular weight excluding hydrogens is 393 g/mol. The van der Waals surface area contributed by atoms with E-state index in [1.54, 1.807) is 0 Å². The van der Waals surface area contributed by atoms with E-state index in [2.05, 4.69) is 6.92 Å². The standard InChI is InChI=1S/C28H31F3/c1-2-3-4-5-6-7-8-9-10-21-11-13-22(14-12-21)26-19-23(29)15-17-25(26)27-20-24(30)16-18-28(27)31/h11-20H,2-10H2,1H3. The highest BCUT2D eigenvalue weighted by Crippen LogP contribution is 2.34. The Bertz CT molecular complexity index is 960. The molecule has 0 heterocycles. The van der Waals surface area contributed by atoms with Gasteiger partial charge in [-0.3, -0.25) is 0 Å². The van der Waals surface area contributed by atoms with Crippen LogP contribution < -0.4 is 0 Å². The van der Waals surface area contributed by atoms with E-state index >= 15 is 0 Å². The van der Waals surface area contributed by atoms with E-state index < -0.39 is 17.5 Å². The number of rotatable bonds is 11. The van der Waals surface area contributed by atoms with E-state index in [-0.39, 0.29) is 5.56 Å². The SMILES string of the molecule is CCCCCCCCCCc1ccc(-c2cc(F)ccc2-c2cc(F)ccc2F)cc1. The van der Waals surface area contributed by atoms with Crippen molar-refractivity contribution in [1.29, 1.82) is 0 Å². The molecule has 3 aromatic carbocycles. The maximum atomic E-state index is 14.3. The molecule has 0 aromatic heterocycles. The van der Waals surface area contributed by atoms with Crippen molar-refractivity contribution in [2.75, 3.05) is 0 Å². The van der Waals surface area contributed by atoms with Gasteiger partial charge in [0.1, 0.15) is 17.5 Å². The lowest BCUT2D eigenvalue weighted by atomic mass is 9.93. The first-order valence-electron chi connectivity index (χ1n) is 11.4. The fourth-order valence-corrected chi connectivity index (χ4v) is 4.01. The van der Waals surface area contributed by atoms with Crippen molar-refractivity contribution in [3.8, 4) is 22.3 Å². The van der Waals surface area contributed by atoms with Gasteiger partial charge in [-0.25, -0.2) is 13.2 Å². The molecule has 0 amide bonds. The molecule has 0 N–H and O–H groups in total. The molecule has 0 aliphatic heterocycles. The van der Waals surface area contributed by atoms with Crippen LogP contribution in [0.25, 0.3) is 22.3 Å². The molecule has 0 radical (unpaired) electrons. The van der Waals surface area contributed by atoms with E-state index in [9.17, 15) is 13.2 Å². The summed E-state index contributed by atoms with van der Waals surface area (Å²) in [4.78, 5) is 0. The number of unbranched alkanes of at least 4 members (excludes halogenated alkanes) is 7. The molecule has 0 saturated carbocycles. The highest BCUT2D eigenvalue weighted by atomic mass is 19.1. The summed E-state index contributed by atoms with van der Waals surface area (Å²) in [5.74, 6) is -1.45. The zero-order chi connectivity index (χ0) is 22.1. The summed E-state index contributed by atoms with van der Waals surface area (Å²) in [6, 6.07) is 15.5. The van der Waals surface area contributed by atoms with Crippen molar-refractivity contribution in [3.63, 3.8) is 0 Å². The van der Waals surface area contributed by atoms with Gasteiger partial charge in [0.2, 0.25) is 0 Å². The number of benzene rings is 3. The first-order valence-corrected chi connectivity index (χ1v) is 11.4. The Kier molecular flexibility index (Phi) is 8.75. The van der Waals surface area contributed by atoms with Crippen LogP contribution in [0.15, 0.2) is 60.7 Å². The summed E-state index contributed by atoms with van der Waals surface area (Å²) in [5.41, 5.74) is 3.21. The Hall–Kier alpha value is -2.55. The molecule has 0 bridgehead atoms.